The van der Waals surface area contributed by atoms with Gasteiger partial charge in [0.15, 0.2) is 0 Å². The molecular weight excluding hydrogens is 1050 g/mol. The number of nitrogens with one attached hydrogen (secondary N) is 4. The van der Waals surface area contributed by atoms with Crippen molar-refractivity contribution >= 4 is 69.9 Å². The standard InChI is InChI=1S/C55H80N14O12/c1-36(62-41-15-11-37(12-16-41)28-42-30-67(34-49(58)72)25-24-65(32-47(56)70)22-23-66(33-48(57)71)26-27-68(42)35-50(59)73)61-29-38-9-13-40(14-10-38)52(76)69(31-46-43-7-3-2-6-39(43)19-20-60-46)21-5-4-8-44(53(77)78)63-55(81)64-45(54(79)80)17-18-51(74)75/h2-3,6-7,11-12,15-16,19-20,38,40,42,44-45,61-62H,1,4-5,8-10,13-14,17-18,21-35H2,(H2,56,70)(H2,57,71)(H2,58,72)(H2,59,73)(H,74,75)(H,77,78)(H,79,80)(H2,63,64,81)/t38?,40?,42?,44-,45-/m1/s1. The number of nitrogens with zero attached hydrogens (tertiary/aromatic N) is 6. The molecule has 5 rings (SSSR count). The fourth-order valence-corrected chi connectivity index (χ4v) is 10.4. The number of rotatable bonds is 30. The van der Waals surface area contributed by atoms with Crippen LogP contribution in [0.1, 0.15) is 69.0 Å². The zero-order valence-corrected chi connectivity index (χ0v) is 45.8. The minimum atomic E-state index is -1.53. The van der Waals surface area contributed by atoms with E-state index in [-0.39, 0.29) is 75.9 Å². The quantitative estimate of drug-likeness (QED) is 0.0387. The zero-order valence-electron chi connectivity index (χ0n) is 45.8. The van der Waals surface area contributed by atoms with Gasteiger partial charge < -0.3 is 64.4 Å². The average molecular weight is 1130 g/mol. The Morgan fingerprint density at radius 1 is 0.679 bits per heavy atom. The number of pyridine rings is 1. The lowest BCUT2D eigenvalue weighted by molar-refractivity contribution is -0.141. The number of hydrogen-bond acceptors (Lipinski definition) is 16. The summed E-state index contributed by atoms with van der Waals surface area (Å²) in [5.41, 5.74) is 25.0. The third-order valence-electron chi connectivity index (χ3n) is 14.6. The first kappa shape index (κ1) is 63.9. The van der Waals surface area contributed by atoms with Crippen molar-refractivity contribution in [2.45, 2.75) is 88.9 Å². The Bertz CT molecular complexity index is 2650. The Hall–Kier alpha value is -7.94. The molecule has 2 heterocycles. The SMILES string of the molecule is C=C(NCC1CCC(C(=O)N(CCCC[C@@H](NC(=O)N[C@H](CCC(=O)O)C(=O)O)C(=O)O)Cc2nccc3ccccc23)CC1)Nc1ccc(CC2CN(CC(N)=O)CCN(CC(N)=O)CCN(CC(N)=O)CCN2CC(N)=O)cc1. The smallest absolute Gasteiger partial charge is 0.326 e. The lowest BCUT2D eigenvalue weighted by Crippen LogP contribution is -2.54. The van der Waals surface area contributed by atoms with Gasteiger partial charge >= 0.3 is 23.9 Å². The van der Waals surface area contributed by atoms with E-state index in [1.54, 1.807) is 11.1 Å². The summed E-state index contributed by atoms with van der Waals surface area (Å²) in [6.07, 6.45) is 4.77. The molecule has 1 aliphatic carbocycles. The third-order valence-corrected chi connectivity index (χ3v) is 14.6. The average Bonchev–Trinajstić information content (AvgIpc) is 3.41. The van der Waals surface area contributed by atoms with Gasteiger partial charge in [-0.3, -0.25) is 53.4 Å². The van der Waals surface area contributed by atoms with E-state index in [2.05, 4.69) is 32.8 Å². The molecule has 0 bridgehead atoms. The highest BCUT2D eigenvalue weighted by molar-refractivity contribution is 5.87. The molecule has 1 aromatic heterocycles. The molecule has 3 aromatic rings. The van der Waals surface area contributed by atoms with Gasteiger partial charge in [0.1, 0.15) is 12.1 Å². The molecule has 1 saturated heterocycles. The van der Waals surface area contributed by atoms with E-state index in [9.17, 15) is 53.4 Å². The summed E-state index contributed by atoms with van der Waals surface area (Å²) >= 11 is 0. The van der Waals surface area contributed by atoms with Crippen LogP contribution < -0.4 is 44.2 Å². The number of benzene rings is 2. The summed E-state index contributed by atoms with van der Waals surface area (Å²) in [5.74, 6) is -5.62. The van der Waals surface area contributed by atoms with E-state index in [0.29, 0.717) is 90.3 Å². The van der Waals surface area contributed by atoms with Gasteiger partial charge in [0.05, 0.1) is 44.2 Å². The summed E-state index contributed by atoms with van der Waals surface area (Å²) < 4.78 is 0. The highest BCUT2D eigenvalue weighted by Crippen LogP contribution is 2.31. The highest BCUT2D eigenvalue weighted by Gasteiger charge is 2.32. The van der Waals surface area contributed by atoms with Crippen LogP contribution in [0, 0.1) is 11.8 Å². The number of urea groups is 1. The van der Waals surface area contributed by atoms with Crippen LogP contribution in [0.5, 0.6) is 0 Å². The van der Waals surface area contributed by atoms with Crippen LogP contribution in [0.4, 0.5) is 10.5 Å². The number of carbonyl (C=O) groups is 9. The molecule has 81 heavy (non-hydrogen) atoms. The van der Waals surface area contributed by atoms with Crippen molar-refractivity contribution in [3.05, 3.63) is 84.5 Å². The molecule has 2 fully saturated rings. The van der Waals surface area contributed by atoms with E-state index < -0.39 is 66.1 Å². The number of aromatic nitrogens is 1. The number of nitrogens with two attached hydrogens (primary N) is 4. The highest BCUT2D eigenvalue weighted by atomic mass is 16.4. The third kappa shape index (κ3) is 22.6. The van der Waals surface area contributed by atoms with Crippen molar-refractivity contribution < 1.29 is 58.5 Å². The van der Waals surface area contributed by atoms with E-state index >= 15 is 0 Å². The molecule has 3 atom stereocenters. The maximum atomic E-state index is 14.4. The minimum absolute atomic E-state index is 0.0169. The minimum Gasteiger partial charge on any atom is -0.481 e. The Kier molecular flexibility index (Phi) is 25.5. The first-order valence-electron chi connectivity index (χ1n) is 27.3. The predicted molar refractivity (Wildman–Crippen MR) is 300 cm³/mol. The van der Waals surface area contributed by atoms with Crippen molar-refractivity contribution in [1.82, 2.24) is 45.4 Å². The topological polar surface area (TPSA) is 396 Å². The summed E-state index contributed by atoms with van der Waals surface area (Å²) in [5, 5.41) is 41.3. The summed E-state index contributed by atoms with van der Waals surface area (Å²) in [4.78, 5) is 124. The number of primary amides is 4. The van der Waals surface area contributed by atoms with Crippen molar-refractivity contribution in [2.24, 2.45) is 34.8 Å². The Balaban J connectivity index is 1.17. The molecule has 15 N–H and O–H groups in total. The predicted octanol–water partition coefficient (Wildman–Crippen LogP) is -0.143. The number of carbonyl (C=O) groups excluding carboxylic acids is 6. The van der Waals surface area contributed by atoms with Crippen LogP contribution in [0.15, 0.2) is 73.2 Å². The lowest BCUT2D eigenvalue weighted by Gasteiger charge is -2.38. The number of aliphatic carboxylic acids is 3. The van der Waals surface area contributed by atoms with Crippen LogP contribution in [-0.4, -0.2) is 201 Å². The summed E-state index contributed by atoms with van der Waals surface area (Å²) in [6, 6.07) is 13.1. The maximum Gasteiger partial charge on any atom is 0.326 e. The molecule has 2 aliphatic rings. The number of fused-ring (bicyclic) bond motifs is 1. The van der Waals surface area contributed by atoms with Crippen molar-refractivity contribution in [2.75, 3.05) is 90.4 Å². The number of anilines is 1. The number of hydrogen-bond donors (Lipinski definition) is 11. The second-order valence-corrected chi connectivity index (χ2v) is 20.9. The summed E-state index contributed by atoms with van der Waals surface area (Å²) in [6.45, 7) is 7.71. The molecule has 26 nitrogen and oxygen atoms in total. The maximum absolute atomic E-state index is 14.4. The van der Waals surface area contributed by atoms with Crippen molar-refractivity contribution in [3.63, 3.8) is 0 Å². The van der Waals surface area contributed by atoms with Gasteiger partial charge in [0.2, 0.25) is 29.5 Å². The van der Waals surface area contributed by atoms with E-state index in [0.717, 1.165) is 40.6 Å². The monoisotopic (exact) mass is 1130 g/mol. The second-order valence-electron chi connectivity index (χ2n) is 20.9. The Morgan fingerprint density at radius 2 is 1.25 bits per heavy atom. The molecule has 1 unspecified atom stereocenters. The van der Waals surface area contributed by atoms with Crippen LogP contribution in [0.25, 0.3) is 10.8 Å². The molecule has 1 saturated carbocycles. The van der Waals surface area contributed by atoms with Crippen LogP contribution >= 0.6 is 0 Å². The first-order valence-corrected chi connectivity index (χ1v) is 27.3. The van der Waals surface area contributed by atoms with E-state index in [4.69, 9.17) is 28.0 Å². The van der Waals surface area contributed by atoms with Crippen LogP contribution in [-0.2, 0) is 51.3 Å². The number of carboxylic acid groups (broad SMARTS) is 3. The molecule has 0 radical (unpaired) electrons. The molecule has 26 heteroatoms. The first-order chi connectivity index (χ1) is 38.6. The van der Waals surface area contributed by atoms with Gasteiger partial charge in [-0.1, -0.05) is 43.0 Å². The van der Waals surface area contributed by atoms with Gasteiger partial charge in [-0.25, -0.2) is 14.4 Å². The fourth-order valence-electron chi connectivity index (χ4n) is 10.4. The Morgan fingerprint density at radius 3 is 1.84 bits per heavy atom. The number of carboxylic acids is 3. The summed E-state index contributed by atoms with van der Waals surface area (Å²) in [7, 11) is 0. The Labute approximate surface area is 470 Å². The molecule has 1 aliphatic heterocycles. The van der Waals surface area contributed by atoms with Gasteiger partial charge in [-0.2, -0.15) is 0 Å². The second kappa shape index (κ2) is 32.3. The molecule has 7 amide bonds. The molecule has 0 spiro atoms. The normalized spacial score (nSPS) is 18.6. The molecule has 2 aromatic carbocycles. The van der Waals surface area contributed by atoms with E-state index in [1.807, 2.05) is 74.2 Å². The molecule has 442 valence electrons. The number of unbranched alkanes of at least 4 members (excludes halogenated alkanes) is 1. The van der Waals surface area contributed by atoms with Gasteiger partial charge in [-0.15, -0.1) is 0 Å². The number of amides is 7. The largest absolute Gasteiger partial charge is 0.481 e. The lowest BCUT2D eigenvalue weighted by atomic mass is 9.81. The van der Waals surface area contributed by atoms with Crippen LogP contribution in [0.2, 0.25) is 0 Å². The van der Waals surface area contributed by atoms with Gasteiger partial charge in [0, 0.05) is 94.6 Å². The van der Waals surface area contributed by atoms with Crippen LogP contribution in [0.3, 0.4) is 0 Å². The van der Waals surface area contributed by atoms with Crippen molar-refractivity contribution in [1.29, 1.82) is 0 Å². The van der Waals surface area contributed by atoms with Gasteiger partial charge in [-0.05, 0) is 92.9 Å². The van der Waals surface area contributed by atoms with Crippen molar-refractivity contribution in [3.8, 4) is 0 Å². The molecular formula is C55H80N14O12. The van der Waals surface area contributed by atoms with Gasteiger partial charge in [0.25, 0.3) is 0 Å². The van der Waals surface area contributed by atoms with E-state index in [1.165, 1.54) is 0 Å². The zero-order chi connectivity index (χ0) is 59.0. The fraction of sp³-hybridized carbons (Fsp3) is 0.527.